The molecule has 0 aliphatic heterocycles. The summed E-state index contributed by atoms with van der Waals surface area (Å²) in [4.78, 5) is 14.6. The van der Waals surface area contributed by atoms with Crippen molar-refractivity contribution in [3.8, 4) is 0 Å². The van der Waals surface area contributed by atoms with Crippen molar-refractivity contribution in [2.24, 2.45) is 0 Å². The molecule has 0 aliphatic rings. The number of thiophene rings is 1. The van der Waals surface area contributed by atoms with Crippen molar-refractivity contribution in [2.45, 2.75) is 32.9 Å². The van der Waals surface area contributed by atoms with Crippen LogP contribution in [0.1, 0.15) is 25.6 Å². The number of hydrogen-bond acceptors (Lipinski definition) is 3. The number of rotatable bonds is 4. The smallest absolute Gasteiger partial charge is 0.248 e. The van der Waals surface area contributed by atoms with E-state index in [2.05, 4.69) is 15.9 Å². The Morgan fingerprint density at radius 1 is 1.53 bits per heavy atom. The lowest BCUT2D eigenvalue weighted by atomic mass is 10.2. The normalized spacial score (nSPS) is 11.6. The number of nitrogens with zero attached hydrogens (tertiary/aromatic N) is 1. The van der Waals surface area contributed by atoms with Crippen molar-refractivity contribution in [1.82, 2.24) is 4.90 Å². The Kier molecular flexibility index (Phi) is 5.16. The van der Waals surface area contributed by atoms with Gasteiger partial charge in [0.25, 0.3) is 0 Å². The molecule has 0 saturated carbocycles. The van der Waals surface area contributed by atoms with Crippen LogP contribution in [0.15, 0.2) is 15.9 Å². The predicted octanol–water partition coefficient (Wildman–Crippen LogP) is 3.28. The summed E-state index contributed by atoms with van der Waals surface area (Å²) >= 11 is 5.04. The van der Waals surface area contributed by atoms with Crippen molar-refractivity contribution < 1.29 is 9.53 Å². The fourth-order valence-electron chi connectivity index (χ4n) is 1.15. The Bertz CT molecular complexity index is 384. The first kappa shape index (κ1) is 14.7. The van der Waals surface area contributed by atoms with Crippen LogP contribution >= 0.6 is 27.3 Å². The Morgan fingerprint density at radius 3 is 2.65 bits per heavy atom. The highest BCUT2D eigenvalue weighted by Crippen LogP contribution is 2.20. The van der Waals surface area contributed by atoms with Crippen molar-refractivity contribution in [1.29, 1.82) is 0 Å². The van der Waals surface area contributed by atoms with Gasteiger partial charge < -0.3 is 9.64 Å². The molecule has 1 amide bonds. The van der Waals surface area contributed by atoms with Gasteiger partial charge in [-0.1, -0.05) is 0 Å². The van der Waals surface area contributed by atoms with Crippen LogP contribution in [0.5, 0.6) is 0 Å². The molecule has 0 saturated heterocycles. The van der Waals surface area contributed by atoms with Gasteiger partial charge in [-0.15, -0.1) is 11.3 Å². The van der Waals surface area contributed by atoms with E-state index in [4.69, 9.17) is 4.74 Å². The second kappa shape index (κ2) is 5.98. The number of hydrogen-bond donors (Lipinski definition) is 0. The highest BCUT2D eigenvalue weighted by Gasteiger charge is 2.16. The number of carbonyl (C=O) groups excluding carboxylic acids is 1. The summed E-state index contributed by atoms with van der Waals surface area (Å²) in [6.07, 6.45) is 0. The molecule has 0 radical (unpaired) electrons. The van der Waals surface area contributed by atoms with Gasteiger partial charge in [0.2, 0.25) is 5.91 Å². The first-order valence-corrected chi connectivity index (χ1v) is 7.06. The maximum absolute atomic E-state index is 11.8. The number of ether oxygens (including phenoxy) is 1. The molecule has 0 unspecified atom stereocenters. The summed E-state index contributed by atoms with van der Waals surface area (Å²) in [5, 5.41) is 2.01. The average Bonchev–Trinajstić information content (AvgIpc) is 2.59. The summed E-state index contributed by atoms with van der Waals surface area (Å²) in [6.45, 7) is 6.58. The van der Waals surface area contributed by atoms with Crippen LogP contribution < -0.4 is 0 Å². The van der Waals surface area contributed by atoms with Crippen LogP contribution in [0.2, 0.25) is 0 Å². The third-order valence-electron chi connectivity index (χ3n) is 2.07. The SMILES string of the molecule is CN(Cc1cc(Br)cs1)C(=O)COC(C)(C)C. The van der Waals surface area contributed by atoms with Crippen molar-refractivity contribution >= 4 is 33.2 Å². The first-order valence-electron chi connectivity index (χ1n) is 5.39. The molecule has 0 aromatic carbocycles. The zero-order chi connectivity index (χ0) is 13.1. The number of carbonyl (C=O) groups is 1. The molecule has 1 aromatic rings. The molecule has 0 fully saturated rings. The van der Waals surface area contributed by atoms with Gasteiger partial charge in [0, 0.05) is 21.8 Å². The minimum atomic E-state index is -0.275. The van der Waals surface area contributed by atoms with Crippen molar-refractivity contribution in [3.05, 3.63) is 20.8 Å². The Hall–Kier alpha value is -0.390. The molecule has 1 aromatic heterocycles. The van der Waals surface area contributed by atoms with E-state index in [1.54, 1.807) is 23.3 Å². The molecule has 3 nitrogen and oxygen atoms in total. The van der Waals surface area contributed by atoms with E-state index in [1.807, 2.05) is 32.2 Å². The zero-order valence-corrected chi connectivity index (χ0v) is 13.0. The zero-order valence-electron chi connectivity index (χ0n) is 10.6. The molecule has 1 heterocycles. The van der Waals surface area contributed by atoms with Gasteiger partial charge in [0.15, 0.2) is 0 Å². The molecular formula is C12H18BrNO2S. The number of halogens is 1. The minimum absolute atomic E-state index is 0.00412. The average molecular weight is 320 g/mol. The van der Waals surface area contributed by atoms with Gasteiger partial charge in [0.1, 0.15) is 6.61 Å². The monoisotopic (exact) mass is 319 g/mol. The van der Waals surface area contributed by atoms with Crippen LogP contribution in [-0.4, -0.2) is 30.1 Å². The summed E-state index contributed by atoms with van der Waals surface area (Å²) in [5.74, 6) is 0.00412. The summed E-state index contributed by atoms with van der Waals surface area (Å²) < 4.78 is 6.52. The molecule has 0 aliphatic carbocycles. The maximum atomic E-state index is 11.8. The molecule has 96 valence electrons. The molecule has 17 heavy (non-hydrogen) atoms. The largest absolute Gasteiger partial charge is 0.366 e. The Balaban J connectivity index is 2.42. The third kappa shape index (κ3) is 5.66. The highest BCUT2D eigenvalue weighted by atomic mass is 79.9. The molecule has 0 N–H and O–H groups in total. The van der Waals surface area contributed by atoms with Gasteiger partial charge in [0.05, 0.1) is 12.1 Å². The van der Waals surface area contributed by atoms with Crippen LogP contribution in [0.3, 0.4) is 0 Å². The summed E-state index contributed by atoms with van der Waals surface area (Å²) in [6, 6.07) is 2.03. The van der Waals surface area contributed by atoms with Gasteiger partial charge in [-0.25, -0.2) is 0 Å². The van der Waals surface area contributed by atoms with E-state index >= 15 is 0 Å². The molecule has 1 rings (SSSR count). The second-order valence-electron chi connectivity index (χ2n) is 4.88. The highest BCUT2D eigenvalue weighted by molar-refractivity contribution is 9.10. The standard InChI is InChI=1S/C12H18BrNO2S/c1-12(2,3)16-7-11(15)14(4)6-10-5-9(13)8-17-10/h5,8H,6-7H2,1-4H3. The third-order valence-corrected chi connectivity index (χ3v) is 3.75. The van der Waals surface area contributed by atoms with Crippen molar-refractivity contribution in [2.75, 3.05) is 13.7 Å². The predicted molar refractivity (Wildman–Crippen MR) is 74.2 cm³/mol. The molecule has 5 heteroatoms. The van der Waals surface area contributed by atoms with E-state index in [0.717, 1.165) is 9.35 Å². The van der Waals surface area contributed by atoms with Gasteiger partial charge >= 0.3 is 0 Å². The maximum Gasteiger partial charge on any atom is 0.248 e. The first-order chi connectivity index (χ1) is 7.78. The topological polar surface area (TPSA) is 29.5 Å². The van der Waals surface area contributed by atoms with Gasteiger partial charge in [-0.3, -0.25) is 4.79 Å². The van der Waals surface area contributed by atoms with E-state index in [0.29, 0.717) is 6.54 Å². The molecule has 0 atom stereocenters. The van der Waals surface area contributed by atoms with Crippen LogP contribution in [-0.2, 0) is 16.1 Å². The van der Waals surface area contributed by atoms with Crippen LogP contribution in [0, 0.1) is 0 Å². The van der Waals surface area contributed by atoms with Gasteiger partial charge in [-0.05, 0) is 42.8 Å². The van der Waals surface area contributed by atoms with E-state index in [9.17, 15) is 4.79 Å². The fourth-order valence-corrected chi connectivity index (χ4v) is 2.65. The second-order valence-corrected chi connectivity index (χ2v) is 6.79. The quantitative estimate of drug-likeness (QED) is 0.852. The van der Waals surface area contributed by atoms with E-state index in [1.165, 1.54) is 0 Å². The lowest BCUT2D eigenvalue weighted by Gasteiger charge is -2.22. The Labute approximate surface area is 115 Å². The van der Waals surface area contributed by atoms with Gasteiger partial charge in [-0.2, -0.15) is 0 Å². The molecular weight excluding hydrogens is 302 g/mol. The van der Waals surface area contributed by atoms with E-state index in [-0.39, 0.29) is 18.1 Å². The lowest BCUT2D eigenvalue weighted by molar-refractivity contribution is -0.140. The lowest BCUT2D eigenvalue weighted by Crippen LogP contribution is -2.33. The molecule has 0 bridgehead atoms. The van der Waals surface area contributed by atoms with Crippen LogP contribution in [0.25, 0.3) is 0 Å². The summed E-state index contributed by atoms with van der Waals surface area (Å²) in [5.41, 5.74) is -0.275. The van der Waals surface area contributed by atoms with Crippen molar-refractivity contribution in [3.63, 3.8) is 0 Å². The van der Waals surface area contributed by atoms with Crippen LogP contribution in [0.4, 0.5) is 0 Å². The summed E-state index contributed by atoms with van der Waals surface area (Å²) in [7, 11) is 1.79. The minimum Gasteiger partial charge on any atom is -0.366 e. The Morgan fingerprint density at radius 2 is 2.18 bits per heavy atom. The number of amides is 1. The fraction of sp³-hybridized carbons (Fsp3) is 0.583. The van der Waals surface area contributed by atoms with E-state index < -0.39 is 0 Å². The number of likely N-dealkylation sites (N-methyl/N-ethyl adjacent to an activating group) is 1. The molecule has 0 spiro atoms.